The number of hydrogen-bond acceptors (Lipinski definition) is 13. The molecule has 14 heteroatoms. The second kappa shape index (κ2) is 43.1. The zero-order valence-electron chi connectivity index (χ0n) is 34.1. The van der Waals surface area contributed by atoms with Crippen molar-refractivity contribution in [2.45, 2.75) is 90.4 Å². The lowest BCUT2D eigenvalue weighted by Crippen LogP contribution is -2.15. The van der Waals surface area contributed by atoms with Crippen LogP contribution >= 0.6 is 0 Å². The summed E-state index contributed by atoms with van der Waals surface area (Å²) in [7, 11) is 0. The van der Waals surface area contributed by atoms with Crippen LogP contribution in [0.5, 0.6) is 5.75 Å². The molecule has 0 bridgehead atoms. The molecule has 0 saturated heterocycles. The highest BCUT2D eigenvalue weighted by Gasteiger charge is 2.04. The van der Waals surface area contributed by atoms with Crippen molar-refractivity contribution >= 4 is 5.69 Å². The van der Waals surface area contributed by atoms with Gasteiger partial charge in [-0.2, -0.15) is 0 Å². The fourth-order valence-corrected chi connectivity index (χ4v) is 5.19. The van der Waals surface area contributed by atoms with Gasteiger partial charge in [-0.15, -0.1) is 0 Å². The lowest BCUT2D eigenvalue weighted by Gasteiger charge is -2.09. The molecule has 14 nitrogen and oxygen atoms in total. The number of non-ortho nitro benzene ring substituents is 1. The molecule has 0 unspecified atom stereocenters. The monoisotopic (exact) mass is 790 g/mol. The zero-order valence-corrected chi connectivity index (χ0v) is 34.1. The molecule has 0 radical (unpaired) electrons. The Morgan fingerprint density at radius 2 is 0.618 bits per heavy atom. The van der Waals surface area contributed by atoms with E-state index in [9.17, 15) is 10.1 Å². The van der Waals surface area contributed by atoms with Gasteiger partial charge >= 0.3 is 0 Å². The maximum atomic E-state index is 10.7. The zero-order chi connectivity index (χ0) is 39.4. The topological polar surface area (TPSA) is 145 Å². The number of rotatable bonds is 46. The molecule has 0 aliphatic rings. The number of unbranched alkanes of at least 4 members (excludes halogenated alkanes) is 12. The van der Waals surface area contributed by atoms with E-state index in [1.165, 1.54) is 89.2 Å². The molecule has 1 aromatic rings. The van der Waals surface area contributed by atoms with Gasteiger partial charge in [0, 0.05) is 18.7 Å². The molecule has 1 aromatic carbocycles. The van der Waals surface area contributed by atoms with E-state index in [-0.39, 0.29) is 5.69 Å². The van der Waals surface area contributed by atoms with Crippen LogP contribution in [-0.2, 0) is 47.4 Å². The number of nitro groups is 1. The maximum absolute atomic E-state index is 10.7. The van der Waals surface area contributed by atoms with E-state index in [0.717, 1.165) is 13.0 Å². The van der Waals surface area contributed by atoms with Crippen molar-refractivity contribution in [2.75, 3.05) is 139 Å². The third-order valence-electron chi connectivity index (χ3n) is 8.28. The lowest BCUT2D eigenvalue weighted by atomic mass is 10.0. The first-order valence-electron chi connectivity index (χ1n) is 20.9. The smallest absolute Gasteiger partial charge is 0.269 e. The van der Waals surface area contributed by atoms with Gasteiger partial charge in [0.25, 0.3) is 5.69 Å². The summed E-state index contributed by atoms with van der Waals surface area (Å²) in [5.41, 5.74) is 0.0282. The molecule has 0 saturated carbocycles. The van der Waals surface area contributed by atoms with E-state index in [2.05, 4.69) is 6.92 Å². The first-order chi connectivity index (χ1) is 27.2. The first kappa shape index (κ1) is 51.0. The van der Waals surface area contributed by atoms with Crippen LogP contribution in [-0.4, -0.2) is 144 Å². The molecular weight excluding hydrogens is 714 g/mol. The van der Waals surface area contributed by atoms with Gasteiger partial charge in [0.1, 0.15) is 12.4 Å². The molecule has 0 heterocycles. The van der Waals surface area contributed by atoms with Gasteiger partial charge in [-0.1, -0.05) is 84.0 Å². The number of ether oxygens (including phenoxy) is 11. The maximum Gasteiger partial charge on any atom is 0.269 e. The third kappa shape index (κ3) is 38.7. The molecule has 0 aliphatic heterocycles. The van der Waals surface area contributed by atoms with E-state index >= 15 is 0 Å². The van der Waals surface area contributed by atoms with Crippen molar-refractivity contribution < 1.29 is 57.0 Å². The summed E-state index contributed by atoms with van der Waals surface area (Å²) in [4.78, 5) is 10.2. The van der Waals surface area contributed by atoms with Gasteiger partial charge in [-0.3, -0.25) is 10.1 Å². The molecule has 0 aromatic heterocycles. The Morgan fingerprint density at radius 3 is 0.909 bits per heavy atom. The molecule has 0 fully saturated rings. The summed E-state index contributed by atoms with van der Waals surface area (Å²) in [6.07, 6.45) is 17.7. The average molecular weight is 790 g/mol. The lowest BCUT2D eigenvalue weighted by molar-refractivity contribution is -0.384. The quantitative estimate of drug-likeness (QED) is 0.0372. The number of nitro benzene ring substituents is 1. The fourth-order valence-electron chi connectivity index (χ4n) is 5.19. The van der Waals surface area contributed by atoms with Crippen LogP contribution in [0.3, 0.4) is 0 Å². The van der Waals surface area contributed by atoms with Crippen molar-refractivity contribution in [3.05, 3.63) is 34.4 Å². The van der Waals surface area contributed by atoms with Crippen LogP contribution in [0.1, 0.15) is 90.4 Å². The Morgan fingerprint density at radius 1 is 0.364 bits per heavy atom. The molecule has 322 valence electrons. The van der Waals surface area contributed by atoms with Gasteiger partial charge in [-0.05, 0) is 18.6 Å². The van der Waals surface area contributed by atoms with Crippen molar-refractivity contribution in [2.24, 2.45) is 0 Å². The van der Waals surface area contributed by atoms with Crippen LogP contribution in [0.15, 0.2) is 24.3 Å². The molecule has 0 aliphatic carbocycles. The highest BCUT2D eigenvalue weighted by atomic mass is 16.6. The summed E-state index contributed by atoms with van der Waals surface area (Å²) in [5.74, 6) is 0.559. The Hall–Kier alpha value is -1.98. The number of hydrogen-bond donors (Lipinski definition) is 0. The van der Waals surface area contributed by atoms with E-state index in [1.54, 1.807) is 12.1 Å². The van der Waals surface area contributed by atoms with E-state index in [1.807, 2.05) is 0 Å². The number of benzene rings is 1. The first-order valence-corrected chi connectivity index (χ1v) is 20.9. The highest BCUT2D eigenvalue weighted by Crippen LogP contribution is 2.17. The fraction of sp³-hybridized carbons (Fsp3) is 0.854. The second-order valence-corrected chi connectivity index (χ2v) is 13.0. The van der Waals surface area contributed by atoms with Crippen LogP contribution in [0.2, 0.25) is 0 Å². The molecule has 0 atom stereocenters. The molecule has 0 N–H and O–H groups in total. The minimum Gasteiger partial charge on any atom is -0.491 e. The molecule has 0 amide bonds. The van der Waals surface area contributed by atoms with Crippen molar-refractivity contribution in [1.29, 1.82) is 0 Å². The molecule has 0 spiro atoms. The second-order valence-electron chi connectivity index (χ2n) is 13.0. The Balaban J connectivity index is 1.62. The van der Waals surface area contributed by atoms with Crippen LogP contribution in [0.4, 0.5) is 5.69 Å². The summed E-state index contributed by atoms with van der Waals surface area (Å²) < 4.78 is 60.6. The van der Waals surface area contributed by atoms with Gasteiger partial charge in [0.15, 0.2) is 0 Å². The van der Waals surface area contributed by atoms with E-state index < -0.39 is 4.92 Å². The van der Waals surface area contributed by atoms with Crippen molar-refractivity contribution in [3.8, 4) is 5.75 Å². The predicted molar refractivity (Wildman–Crippen MR) is 212 cm³/mol. The normalized spacial score (nSPS) is 11.4. The number of nitrogens with zero attached hydrogens (tertiary/aromatic N) is 1. The van der Waals surface area contributed by atoms with Crippen LogP contribution in [0.25, 0.3) is 0 Å². The Labute approximate surface area is 331 Å². The van der Waals surface area contributed by atoms with Gasteiger partial charge in [0.05, 0.1) is 130 Å². The van der Waals surface area contributed by atoms with Crippen LogP contribution < -0.4 is 4.74 Å². The molecule has 1 rings (SSSR count). The molecule has 55 heavy (non-hydrogen) atoms. The molecular formula is C41H75NO13. The Bertz CT molecular complexity index is 913. The van der Waals surface area contributed by atoms with E-state index in [0.29, 0.717) is 138 Å². The minimum atomic E-state index is -0.448. The summed E-state index contributed by atoms with van der Waals surface area (Å²) in [6.45, 7) is 13.1. The standard InChI is InChI=1S/C41H75NO13/c1-2-3-4-5-6-7-8-9-10-11-12-13-14-19-45-20-21-46-22-23-47-24-25-48-26-27-49-28-29-50-30-31-51-32-33-52-34-35-53-36-37-54-38-39-55-41-17-15-40(16-18-41)42(43)44/h15-18H,2-14,19-39H2,1H3. The Kier molecular flexibility index (Phi) is 40.0. The highest BCUT2D eigenvalue weighted by molar-refractivity contribution is 5.35. The van der Waals surface area contributed by atoms with Crippen LogP contribution in [0, 0.1) is 10.1 Å². The van der Waals surface area contributed by atoms with Gasteiger partial charge in [-0.25, -0.2) is 0 Å². The third-order valence-corrected chi connectivity index (χ3v) is 8.28. The minimum absolute atomic E-state index is 0.0282. The van der Waals surface area contributed by atoms with Gasteiger partial charge in [0.2, 0.25) is 0 Å². The average Bonchev–Trinajstić information content (AvgIpc) is 3.19. The summed E-state index contributed by atoms with van der Waals surface area (Å²) >= 11 is 0. The van der Waals surface area contributed by atoms with Gasteiger partial charge < -0.3 is 52.1 Å². The largest absolute Gasteiger partial charge is 0.491 e. The summed E-state index contributed by atoms with van der Waals surface area (Å²) in [5, 5.41) is 10.7. The van der Waals surface area contributed by atoms with Crippen molar-refractivity contribution in [1.82, 2.24) is 0 Å². The summed E-state index contributed by atoms with van der Waals surface area (Å²) in [6, 6.07) is 5.93. The van der Waals surface area contributed by atoms with E-state index in [4.69, 9.17) is 52.1 Å². The SMILES string of the molecule is CCCCCCCCCCCCCCCOCCOCCOCCOCCOCCOCCOCCOCCOCCOCCOc1ccc([N+](=O)[O-])cc1. The predicted octanol–water partition coefficient (Wildman–Crippen LogP) is 7.23. The van der Waals surface area contributed by atoms with Crippen molar-refractivity contribution in [3.63, 3.8) is 0 Å².